The molecule has 126 valence electrons. The summed E-state index contributed by atoms with van der Waals surface area (Å²) in [5.41, 5.74) is 3.12. The first kappa shape index (κ1) is 15.9. The van der Waals surface area contributed by atoms with Gasteiger partial charge < -0.3 is 4.42 Å². The number of para-hydroxylation sites is 1. The van der Waals surface area contributed by atoms with Gasteiger partial charge in [0.25, 0.3) is 0 Å². The molecule has 0 aliphatic heterocycles. The van der Waals surface area contributed by atoms with Crippen LogP contribution in [-0.2, 0) is 16.6 Å². The van der Waals surface area contributed by atoms with E-state index in [0.29, 0.717) is 16.6 Å². The Morgan fingerprint density at radius 2 is 1.64 bits per heavy atom. The number of benzene rings is 3. The van der Waals surface area contributed by atoms with E-state index in [9.17, 15) is 8.42 Å². The summed E-state index contributed by atoms with van der Waals surface area (Å²) in [6.07, 6.45) is 0. The predicted molar refractivity (Wildman–Crippen MR) is 98.9 cm³/mol. The van der Waals surface area contributed by atoms with Crippen LogP contribution >= 0.6 is 0 Å². The van der Waals surface area contributed by atoms with Crippen molar-refractivity contribution in [2.24, 2.45) is 0 Å². The Labute approximate surface area is 146 Å². The number of sulfonamides is 1. The Morgan fingerprint density at radius 1 is 0.920 bits per heavy atom. The minimum atomic E-state index is -3.67. The zero-order valence-electron chi connectivity index (χ0n) is 13.7. The number of rotatable bonds is 4. The van der Waals surface area contributed by atoms with E-state index >= 15 is 0 Å². The van der Waals surface area contributed by atoms with Crippen LogP contribution in [0.4, 0.5) is 0 Å². The summed E-state index contributed by atoms with van der Waals surface area (Å²) >= 11 is 0. The van der Waals surface area contributed by atoms with Crippen LogP contribution in [0.2, 0.25) is 0 Å². The van der Waals surface area contributed by atoms with Gasteiger partial charge in [-0.1, -0.05) is 54.6 Å². The van der Waals surface area contributed by atoms with Crippen molar-refractivity contribution in [3.8, 4) is 0 Å². The lowest BCUT2D eigenvalue weighted by Crippen LogP contribution is -2.23. The molecule has 1 aromatic heterocycles. The smallest absolute Gasteiger partial charge is 0.241 e. The van der Waals surface area contributed by atoms with E-state index in [2.05, 4.69) is 4.72 Å². The van der Waals surface area contributed by atoms with Gasteiger partial charge in [0, 0.05) is 17.3 Å². The number of aryl methyl sites for hydroxylation is 1. The summed E-state index contributed by atoms with van der Waals surface area (Å²) in [7, 11) is -3.67. The van der Waals surface area contributed by atoms with Crippen LogP contribution in [0.15, 0.2) is 76.0 Å². The molecule has 3 aromatic carbocycles. The summed E-state index contributed by atoms with van der Waals surface area (Å²) in [5, 5.41) is 1.44. The molecule has 0 aliphatic rings. The summed E-state index contributed by atoms with van der Waals surface area (Å²) in [5.74, 6) is 0. The molecule has 1 N–H and O–H groups in total. The molecule has 0 fully saturated rings. The summed E-state index contributed by atoms with van der Waals surface area (Å²) in [6, 6.07) is 20.4. The standard InChI is InChI=1S/C20H17NO3S/c1-14-11-12-18(19-16-9-5-6-10-17(16)24-20(14)19)25(22,23)21-13-15-7-3-2-4-8-15/h2-12,21H,13H2,1H3. The quantitative estimate of drug-likeness (QED) is 0.594. The first-order chi connectivity index (χ1) is 12.1. The van der Waals surface area contributed by atoms with Crippen molar-refractivity contribution in [3.63, 3.8) is 0 Å². The van der Waals surface area contributed by atoms with Crippen LogP contribution < -0.4 is 4.72 Å². The van der Waals surface area contributed by atoms with Gasteiger partial charge in [-0.15, -0.1) is 0 Å². The Kier molecular flexibility index (Phi) is 3.82. The van der Waals surface area contributed by atoms with Gasteiger partial charge in [0.05, 0.1) is 4.90 Å². The summed E-state index contributed by atoms with van der Waals surface area (Å²) in [4.78, 5) is 0.244. The van der Waals surface area contributed by atoms with Gasteiger partial charge in [-0.05, 0) is 30.2 Å². The lowest BCUT2D eigenvalue weighted by Gasteiger charge is -2.09. The van der Waals surface area contributed by atoms with Gasteiger partial charge in [-0.2, -0.15) is 0 Å². The lowest BCUT2D eigenvalue weighted by molar-refractivity contribution is 0.582. The molecule has 0 radical (unpaired) electrons. The van der Waals surface area contributed by atoms with Gasteiger partial charge in [-0.25, -0.2) is 13.1 Å². The molecule has 0 unspecified atom stereocenters. The third-order valence-electron chi connectivity index (χ3n) is 4.28. The van der Waals surface area contributed by atoms with Crippen LogP contribution in [0.1, 0.15) is 11.1 Å². The van der Waals surface area contributed by atoms with Crippen LogP contribution in [0, 0.1) is 6.92 Å². The maximum atomic E-state index is 12.9. The number of fused-ring (bicyclic) bond motifs is 3. The highest BCUT2D eigenvalue weighted by atomic mass is 32.2. The summed E-state index contributed by atoms with van der Waals surface area (Å²) < 4.78 is 34.4. The molecule has 0 amide bonds. The third-order valence-corrected chi connectivity index (χ3v) is 5.73. The van der Waals surface area contributed by atoms with E-state index in [1.54, 1.807) is 12.1 Å². The molecule has 4 aromatic rings. The SMILES string of the molecule is Cc1ccc(S(=O)(=O)NCc2ccccc2)c2c1oc1ccccc12. The molecular formula is C20H17NO3S. The van der Waals surface area contributed by atoms with Crippen molar-refractivity contribution < 1.29 is 12.8 Å². The fourth-order valence-corrected chi connectivity index (χ4v) is 4.23. The van der Waals surface area contributed by atoms with E-state index < -0.39 is 10.0 Å². The van der Waals surface area contributed by atoms with Crippen molar-refractivity contribution in [1.29, 1.82) is 0 Å². The molecule has 1 heterocycles. The van der Waals surface area contributed by atoms with E-state index in [1.165, 1.54) is 0 Å². The minimum Gasteiger partial charge on any atom is -0.456 e. The Bertz CT molecular complexity index is 1160. The average molecular weight is 351 g/mol. The normalized spacial score (nSPS) is 12.0. The molecule has 0 spiro atoms. The fourth-order valence-electron chi connectivity index (χ4n) is 3.00. The van der Waals surface area contributed by atoms with Gasteiger partial charge in [0.1, 0.15) is 11.2 Å². The lowest BCUT2D eigenvalue weighted by atomic mass is 10.1. The second-order valence-electron chi connectivity index (χ2n) is 5.99. The van der Waals surface area contributed by atoms with Gasteiger partial charge in [0.15, 0.2) is 0 Å². The molecule has 25 heavy (non-hydrogen) atoms. The topological polar surface area (TPSA) is 59.3 Å². The van der Waals surface area contributed by atoms with Crippen molar-refractivity contribution in [2.45, 2.75) is 18.4 Å². The van der Waals surface area contributed by atoms with Crippen LogP contribution in [0.3, 0.4) is 0 Å². The molecule has 0 saturated heterocycles. The fraction of sp³-hybridized carbons (Fsp3) is 0.100. The predicted octanol–water partition coefficient (Wildman–Crippen LogP) is 4.37. The first-order valence-corrected chi connectivity index (χ1v) is 9.49. The summed E-state index contributed by atoms with van der Waals surface area (Å²) in [6.45, 7) is 2.16. The maximum absolute atomic E-state index is 12.9. The van der Waals surface area contributed by atoms with Crippen molar-refractivity contribution in [2.75, 3.05) is 0 Å². The molecule has 0 saturated carbocycles. The monoisotopic (exact) mass is 351 g/mol. The highest BCUT2D eigenvalue weighted by Crippen LogP contribution is 2.35. The largest absolute Gasteiger partial charge is 0.456 e. The van der Waals surface area contributed by atoms with Crippen LogP contribution in [0.5, 0.6) is 0 Å². The van der Waals surface area contributed by atoms with E-state index in [0.717, 1.165) is 16.5 Å². The zero-order valence-corrected chi connectivity index (χ0v) is 14.5. The van der Waals surface area contributed by atoms with Gasteiger partial charge >= 0.3 is 0 Å². The van der Waals surface area contributed by atoms with Crippen LogP contribution in [0.25, 0.3) is 21.9 Å². The molecule has 5 heteroatoms. The van der Waals surface area contributed by atoms with E-state index in [1.807, 2.05) is 61.5 Å². The maximum Gasteiger partial charge on any atom is 0.241 e. The Morgan fingerprint density at radius 3 is 2.44 bits per heavy atom. The number of hydrogen-bond donors (Lipinski definition) is 1. The molecule has 4 nitrogen and oxygen atoms in total. The van der Waals surface area contributed by atoms with Crippen molar-refractivity contribution in [1.82, 2.24) is 4.72 Å². The van der Waals surface area contributed by atoms with Crippen molar-refractivity contribution >= 4 is 32.0 Å². The Balaban J connectivity index is 1.84. The highest BCUT2D eigenvalue weighted by Gasteiger charge is 2.22. The second-order valence-corrected chi connectivity index (χ2v) is 7.73. The van der Waals surface area contributed by atoms with E-state index in [-0.39, 0.29) is 11.4 Å². The number of nitrogens with one attached hydrogen (secondary N) is 1. The average Bonchev–Trinajstić information content (AvgIpc) is 3.02. The molecule has 0 bridgehead atoms. The highest BCUT2D eigenvalue weighted by molar-refractivity contribution is 7.89. The van der Waals surface area contributed by atoms with Crippen molar-refractivity contribution in [3.05, 3.63) is 77.9 Å². The second kappa shape index (κ2) is 6.02. The number of furan rings is 1. The first-order valence-electron chi connectivity index (χ1n) is 8.01. The molecular weight excluding hydrogens is 334 g/mol. The number of hydrogen-bond acceptors (Lipinski definition) is 3. The molecule has 0 atom stereocenters. The van der Waals surface area contributed by atoms with Crippen LogP contribution in [-0.4, -0.2) is 8.42 Å². The minimum absolute atomic E-state index is 0.244. The van der Waals surface area contributed by atoms with Gasteiger partial charge in [-0.3, -0.25) is 0 Å². The molecule has 4 rings (SSSR count). The van der Waals surface area contributed by atoms with Gasteiger partial charge in [0.2, 0.25) is 10.0 Å². The zero-order chi connectivity index (χ0) is 17.4. The molecule has 0 aliphatic carbocycles. The Hall–Kier alpha value is -2.63. The van der Waals surface area contributed by atoms with E-state index in [4.69, 9.17) is 4.42 Å². The third kappa shape index (κ3) is 2.81.